The average Bonchev–Trinajstić information content (AvgIpc) is 2.90. The molecule has 0 unspecified atom stereocenters. The van der Waals surface area contributed by atoms with Crippen molar-refractivity contribution in [2.75, 3.05) is 7.05 Å². The molecule has 2 aromatic rings. The predicted octanol–water partition coefficient (Wildman–Crippen LogP) is 4.44. The van der Waals surface area contributed by atoms with Crippen LogP contribution in [0.25, 0.3) is 0 Å². The molecule has 0 N–H and O–H groups in total. The molecule has 22 heavy (non-hydrogen) atoms. The van der Waals surface area contributed by atoms with Gasteiger partial charge < -0.3 is 4.90 Å². The summed E-state index contributed by atoms with van der Waals surface area (Å²) in [5, 5.41) is 0. The maximum atomic E-state index is 12.1. The zero-order chi connectivity index (χ0) is 16.1. The van der Waals surface area contributed by atoms with Crippen LogP contribution in [0.5, 0.6) is 0 Å². The summed E-state index contributed by atoms with van der Waals surface area (Å²) >= 11 is 5.02. The highest BCUT2D eigenvalue weighted by molar-refractivity contribution is 9.11. The first-order valence-corrected chi connectivity index (χ1v) is 8.64. The van der Waals surface area contributed by atoms with Crippen LogP contribution < -0.4 is 0 Å². The van der Waals surface area contributed by atoms with Crippen LogP contribution in [0, 0.1) is 6.92 Å². The molecule has 116 valence electrons. The molecule has 3 nitrogen and oxygen atoms in total. The van der Waals surface area contributed by atoms with Crippen LogP contribution in [0.3, 0.4) is 0 Å². The topological polar surface area (TPSA) is 37.4 Å². The minimum absolute atomic E-state index is 0.00927. The van der Waals surface area contributed by atoms with Crippen LogP contribution in [0.4, 0.5) is 0 Å². The quantitative estimate of drug-likeness (QED) is 0.695. The van der Waals surface area contributed by atoms with E-state index in [0.717, 1.165) is 14.2 Å². The van der Waals surface area contributed by atoms with E-state index in [2.05, 4.69) is 15.9 Å². The van der Waals surface area contributed by atoms with E-state index in [1.54, 1.807) is 23.3 Å². The number of amides is 1. The third-order valence-corrected chi connectivity index (χ3v) is 5.00. The molecule has 1 amide bonds. The number of benzene rings is 1. The highest BCUT2D eigenvalue weighted by atomic mass is 79.9. The maximum Gasteiger partial charge on any atom is 0.223 e. The first-order chi connectivity index (χ1) is 10.5. The normalized spacial score (nSPS) is 10.5. The molecule has 0 aliphatic carbocycles. The number of hydrogen-bond acceptors (Lipinski definition) is 3. The van der Waals surface area contributed by atoms with Gasteiger partial charge in [0.15, 0.2) is 5.78 Å². The molecule has 0 bridgehead atoms. The molecule has 0 saturated carbocycles. The fraction of sp³-hybridized carbons (Fsp3) is 0.294. The van der Waals surface area contributed by atoms with Gasteiger partial charge in [-0.15, -0.1) is 11.3 Å². The number of thiophene rings is 1. The number of rotatable bonds is 6. The number of nitrogens with zero attached hydrogens (tertiary/aromatic N) is 1. The Balaban J connectivity index is 1.83. The molecule has 1 aromatic heterocycles. The number of Topliss-reactive ketones (excluding diaryl/α,β-unsaturated/α-hetero) is 1. The van der Waals surface area contributed by atoms with E-state index in [0.29, 0.717) is 12.1 Å². The van der Waals surface area contributed by atoms with Crippen molar-refractivity contribution in [3.8, 4) is 0 Å². The van der Waals surface area contributed by atoms with E-state index < -0.39 is 0 Å². The van der Waals surface area contributed by atoms with Crippen molar-refractivity contribution in [2.45, 2.75) is 26.3 Å². The summed E-state index contributed by atoms with van der Waals surface area (Å²) in [7, 11) is 1.77. The Hall–Kier alpha value is -1.46. The summed E-state index contributed by atoms with van der Waals surface area (Å²) in [4.78, 5) is 27.0. The van der Waals surface area contributed by atoms with Gasteiger partial charge >= 0.3 is 0 Å². The van der Waals surface area contributed by atoms with E-state index in [1.807, 2.05) is 43.3 Å². The van der Waals surface area contributed by atoms with Gasteiger partial charge in [0.05, 0.1) is 10.3 Å². The smallest absolute Gasteiger partial charge is 0.223 e. The predicted molar refractivity (Wildman–Crippen MR) is 93.2 cm³/mol. The first-order valence-electron chi connectivity index (χ1n) is 7.04. The van der Waals surface area contributed by atoms with Crippen LogP contribution in [0.1, 0.15) is 33.6 Å². The van der Waals surface area contributed by atoms with Gasteiger partial charge in [0.2, 0.25) is 5.91 Å². The summed E-state index contributed by atoms with van der Waals surface area (Å²) in [5.41, 5.74) is 1.79. The molecule has 0 aliphatic heterocycles. The Morgan fingerprint density at radius 2 is 1.77 bits per heavy atom. The fourth-order valence-electron chi connectivity index (χ4n) is 2.05. The third kappa shape index (κ3) is 4.78. The summed E-state index contributed by atoms with van der Waals surface area (Å²) < 4.78 is 1.05. The Morgan fingerprint density at radius 3 is 2.36 bits per heavy atom. The second-order valence-corrected chi connectivity index (χ2v) is 7.79. The molecule has 5 heteroatoms. The summed E-state index contributed by atoms with van der Waals surface area (Å²) in [6, 6.07) is 11.4. The number of carbonyl (C=O) groups is 2. The van der Waals surface area contributed by atoms with Gasteiger partial charge in [0.25, 0.3) is 0 Å². The van der Waals surface area contributed by atoms with E-state index in [-0.39, 0.29) is 24.5 Å². The van der Waals surface area contributed by atoms with Gasteiger partial charge in [-0.3, -0.25) is 9.59 Å². The number of halogens is 1. The minimum Gasteiger partial charge on any atom is -0.341 e. The lowest BCUT2D eigenvalue weighted by Gasteiger charge is -2.15. The first kappa shape index (κ1) is 16.9. The van der Waals surface area contributed by atoms with Crippen LogP contribution in [-0.4, -0.2) is 23.6 Å². The summed E-state index contributed by atoms with van der Waals surface area (Å²) in [6.45, 7) is 2.56. The maximum absolute atomic E-state index is 12.1. The Labute approximate surface area is 143 Å². The largest absolute Gasteiger partial charge is 0.341 e. The molecule has 1 heterocycles. The molecular weight excluding hydrogens is 362 g/mol. The van der Waals surface area contributed by atoms with Gasteiger partial charge in [-0.1, -0.05) is 29.8 Å². The lowest BCUT2D eigenvalue weighted by Crippen LogP contribution is -2.26. The summed E-state index contributed by atoms with van der Waals surface area (Å²) in [6.07, 6.45) is 0.496. The number of carbonyl (C=O) groups excluding carboxylic acids is 2. The molecule has 0 radical (unpaired) electrons. The Bertz CT molecular complexity index is 664. The van der Waals surface area contributed by atoms with Crippen molar-refractivity contribution in [2.24, 2.45) is 0 Å². The van der Waals surface area contributed by atoms with Crippen LogP contribution in [0.15, 0.2) is 40.2 Å². The minimum atomic E-state index is -0.00927. The zero-order valence-electron chi connectivity index (χ0n) is 12.6. The molecule has 0 aliphatic rings. The van der Waals surface area contributed by atoms with Gasteiger partial charge in [0.1, 0.15) is 0 Å². The van der Waals surface area contributed by atoms with Gasteiger partial charge in [0, 0.05) is 30.3 Å². The molecular formula is C17H18BrNO2S. The van der Waals surface area contributed by atoms with Gasteiger partial charge in [-0.05, 0) is 35.0 Å². The zero-order valence-corrected chi connectivity index (χ0v) is 15.0. The highest BCUT2D eigenvalue weighted by Crippen LogP contribution is 2.23. The average molecular weight is 380 g/mol. The van der Waals surface area contributed by atoms with Crippen molar-refractivity contribution >= 4 is 39.0 Å². The SMILES string of the molecule is Cc1ccc(C(=O)CCC(=O)N(C)Cc2ccc(Br)s2)cc1. The van der Waals surface area contributed by atoms with Crippen LogP contribution in [-0.2, 0) is 11.3 Å². The third-order valence-electron chi connectivity index (χ3n) is 3.39. The van der Waals surface area contributed by atoms with Crippen molar-refractivity contribution in [3.63, 3.8) is 0 Å². The second kappa shape index (κ2) is 7.70. The van der Waals surface area contributed by atoms with Crippen molar-refractivity contribution in [1.82, 2.24) is 4.90 Å². The number of ketones is 1. The Morgan fingerprint density at radius 1 is 1.09 bits per heavy atom. The number of hydrogen-bond donors (Lipinski definition) is 0. The molecule has 0 atom stereocenters. The van der Waals surface area contributed by atoms with E-state index in [4.69, 9.17) is 0 Å². The van der Waals surface area contributed by atoms with Crippen LogP contribution >= 0.6 is 27.3 Å². The monoisotopic (exact) mass is 379 g/mol. The lowest BCUT2D eigenvalue weighted by molar-refractivity contribution is -0.130. The molecule has 0 spiro atoms. The van der Waals surface area contributed by atoms with Crippen molar-refractivity contribution in [1.29, 1.82) is 0 Å². The van der Waals surface area contributed by atoms with Gasteiger partial charge in [-0.2, -0.15) is 0 Å². The molecule has 0 fully saturated rings. The van der Waals surface area contributed by atoms with Crippen molar-refractivity contribution < 1.29 is 9.59 Å². The van der Waals surface area contributed by atoms with E-state index in [1.165, 1.54) is 0 Å². The lowest BCUT2D eigenvalue weighted by atomic mass is 10.0. The second-order valence-electron chi connectivity index (χ2n) is 5.24. The molecule has 0 saturated heterocycles. The molecule has 1 aromatic carbocycles. The fourth-order valence-corrected chi connectivity index (χ4v) is 3.59. The molecule has 2 rings (SSSR count). The van der Waals surface area contributed by atoms with Crippen molar-refractivity contribution in [3.05, 3.63) is 56.2 Å². The van der Waals surface area contributed by atoms with Crippen LogP contribution in [0.2, 0.25) is 0 Å². The van der Waals surface area contributed by atoms with Gasteiger partial charge in [-0.25, -0.2) is 0 Å². The van der Waals surface area contributed by atoms with E-state index >= 15 is 0 Å². The van der Waals surface area contributed by atoms with E-state index in [9.17, 15) is 9.59 Å². The highest BCUT2D eigenvalue weighted by Gasteiger charge is 2.13. The number of aryl methyl sites for hydroxylation is 1. The summed E-state index contributed by atoms with van der Waals surface area (Å²) in [5.74, 6) is 0.00519. The Kier molecular flexibility index (Phi) is 5.91. The standard InChI is InChI=1S/C17H18BrNO2S/c1-12-3-5-13(6-4-12)15(20)8-10-17(21)19(2)11-14-7-9-16(18)22-14/h3-7,9H,8,10-11H2,1-2H3.